The minimum Gasteiger partial charge on any atom is -0.361 e. The average Bonchev–Trinajstić information content (AvgIpc) is 3.37. The third kappa shape index (κ3) is 5.06. The highest BCUT2D eigenvalue weighted by Crippen LogP contribution is 2.20. The van der Waals surface area contributed by atoms with E-state index in [1.807, 2.05) is 48.5 Å². The minimum atomic E-state index is -4.99. The first-order valence-corrected chi connectivity index (χ1v) is 11.4. The number of hydrogen-bond acceptors (Lipinski definition) is 8. The zero-order chi connectivity index (χ0) is 23.6. The molecule has 0 radical (unpaired) electrons. The molecule has 0 aliphatic heterocycles. The van der Waals surface area contributed by atoms with E-state index in [4.69, 9.17) is 11.5 Å². The molecule has 0 amide bonds. The molecule has 0 aliphatic carbocycles. The number of aromatic amines is 2. The lowest BCUT2D eigenvalue weighted by Gasteiger charge is -2.13. The highest BCUT2D eigenvalue weighted by Gasteiger charge is 2.30. The Hall–Kier alpha value is -3.67. The lowest BCUT2D eigenvalue weighted by atomic mass is 10.1. The molecule has 2 atom stereocenters. The number of para-hydroxylation sites is 2. The number of H-pyrrole nitrogens is 2. The normalized spacial score (nSPS) is 13.6. The van der Waals surface area contributed by atoms with Crippen LogP contribution in [-0.4, -0.2) is 42.4 Å². The van der Waals surface area contributed by atoms with Crippen molar-refractivity contribution in [3.8, 4) is 0 Å². The van der Waals surface area contributed by atoms with E-state index in [-0.39, 0.29) is 12.8 Å². The molecule has 4 aromatic rings. The second-order valence-electron chi connectivity index (χ2n) is 7.55. The van der Waals surface area contributed by atoms with Crippen LogP contribution in [0.3, 0.4) is 0 Å². The molecule has 4 rings (SSSR count). The summed E-state index contributed by atoms with van der Waals surface area (Å²) in [6.45, 7) is 0. The fourth-order valence-electron chi connectivity index (χ4n) is 3.58. The van der Waals surface area contributed by atoms with Crippen LogP contribution in [-0.2, 0) is 41.2 Å². The Morgan fingerprint density at radius 2 is 1.15 bits per heavy atom. The van der Waals surface area contributed by atoms with Crippen LogP contribution in [0.1, 0.15) is 11.1 Å². The van der Waals surface area contributed by atoms with Gasteiger partial charge in [-0.2, -0.15) is 0 Å². The lowest BCUT2D eigenvalue weighted by Crippen LogP contribution is -2.39. The third-order valence-electron chi connectivity index (χ3n) is 5.20. The maximum absolute atomic E-state index is 12.2. The van der Waals surface area contributed by atoms with E-state index in [9.17, 15) is 18.0 Å². The standard InChI is InChI=1S/C22H22N4O6S/c23-17(9-13-11-25-19-7-3-1-5-15(13)19)21(27)31-33(29,30)32-22(28)18(24)10-14-12-26-20-8-4-2-6-16(14)20/h1-8,11-12,17-18,25-26H,9-10,23-24H2/t17-,18-/m0/s1. The van der Waals surface area contributed by atoms with Gasteiger partial charge in [-0.25, -0.2) is 9.59 Å². The fraction of sp³-hybridized carbons (Fsp3) is 0.182. The zero-order valence-electron chi connectivity index (χ0n) is 17.4. The van der Waals surface area contributed by atoms with Crippen LogP contribution in [0.5, 0.6) is 0 Å². The summed E-state index contributed by atoms with van der Waals surface area (Å²) in [5, 5.41) is 1.69. The topological polar surface area (TPSA) is 170 Å². The van der Waals surface area contributed by atoms with Crippen molar-refractivity contribution < 1.29 is 26.4 Å². The molecular formula is C22H22N4O6S. The summed E-state index contributed by atoms with van der Waals surface area (Å²) in [5.41, 5.74) is 14.8. The van der Waals surface area contributed by atoms with Gasteiger partial charge in [0.15, 0.2) is 0 Å². The van der Waals surface area contributed by atoms with Crippen molar-refractivity contribution in [1.29, 1.82) is 0 Å². The van der Waals surface area contributed by atoms with Crippen molar-refractivity contribution in [1.82, 2.24) is 9.97 Å². The first-order valence-electron chi connectivity index (χ1n) is 10.1. The molecule has 0 bridgehead atoms. The van der Waals surface area contributed by atoms with Crippen molar-refractivity contribution >= 4 is 44.1 Å². The van der Waals surface area contributed by atoms with E-state index < -0.39 is 34.4 Å². The number of rotatable bonds is 8. The fourth-order valence-corrected chi connectivity index (χ4v) is 4.27. The number of benzene rings is 2. The van der Waals surface area contributed by atoms with Gasteiger partial charge >= 0.3 is 22.3 Å². The number of carbonyl (C=O) groups is 2. The largest absolute Gasteiger partial charge is 0.506 e. The van der Waals surface area contributed by atoms with E-state index in [2.05, 4.69) is 18.3 Å². The number of hydrogen-bond donors (Lipinski definition) is 4. The van der Waals surface area contributed by atoms with Crippen LogP contribution in [0.2, 0.25) is 0 Å². The summed E-state index contributed by atoms with van der Waals surface area (Å²) in [4.78, 5) is 30.5. The Bertz CT molecular complexity index is 1320. The van der Waals surface area contributed by atoms with Crippen LogP contribution in [0.25, 0.3) is 21.8 Å². The molecule has 0 saturated heterocycles. The van der Waals surface area contributed by atoms with Crippen LogP contribution >= 0.6 is 0 Å². The molecule has 6 N–H and O–H groups in total. The van der Waals surface area contributed by atoms with Gasteiger partial charge in [-0.05, 0) is 23.3 Å². The number of fused-ring (bicyclic) bond motifs is 2. The molecule has 2 heterocycles. The quantitative estimate of drug-likeness (QED) is 0.299. The highest BCUT2D eigenvalue weighted by molar-refractivity contribution is 7.82. The van der Waals surface area contributed by atoms with Crippen molar-refractivity contribution in [3.05, 3.63) is 72.1 Å². The molecule has 0 saturated carbocycles. The molecule has 0 unspecified atom stereocenters. The Morgan fingerprint density at radius 3 is 1.58 bits per heavy atom. The van der Waals surface area contributed by atoms with Gasteiger partial charge in [0, 0.05) is 47.0 Å². The van der Waals surface area contributed by atoms with E-state index in [1.165, 1.54) is 0 Å². The predicted molar refractivity (Wildman–Crippen MR) is 121 cm³/mol. The third-order valence-corrected chi connectivity index (χ3v) is 5.94. The second kappa shape index (κ2) is 9.06. The van der Waals surface area contributed by atoms with Crippen LogP contribution < -0.4 is 11.5 Å². The number of nitrogens with two attached hydrogens (primary N) is 2. The number of carbonyl (C=O) groups excluding carboxylic acids is 2. The van der Waals surface area contributed by atoms with Crippen LogP contribution in [0.15, 0.2) is 60.9 Å². The maximum Gasteiger partial charge on any atom is 0.506 e. The summed E-state index contributed by atoms with van der Waals surface area (Å²) < 4.78 is 32.9. The van der Waals surface area contributed by atoms with Gasteiger partial charge in [0.2, 0.25) is 0 Å². The molecule has 172 valence electrons. The molecule has 33 heavy (non-hydrogen) atoms. The Morgan fingerprint density at radius 1 is 0.758 bits per heavy atom. The summed E-state index contributed by atoms with van der Waals surface area (Å²) in [6, 6.07) is 12.1. The Balaban J connectivity index is 1.35. The van der Waals surface area contributed by atoms with Gasteiger partial charge < -0.3 is 29.8 Å². The van der Waals surface area contributed by atoms with Crippen molar-refractivity contribution in [2.75, 3.05) is 0 Å². The van der Waals surface area contributed by atoms with Gasteiger partial charge in [-0.15, -0.1) is 8.42 Å². The molecular weight excluding hydrogens is 448 g/mol. The number of aromatic nitrogens is 2. The smallest absolute Gasteiger partial charge is 0.361 e. The van der Waals surface area contributed by atoms with E-state index >= 15 is 0 Å². The molecule has 10 nitrogen and oxygen atoms in total. The van der Waals surface area contributed by atoms with Gasteiger partial charge in [0.1, 0.15) is 12.1 Å². The Kier molecular flexibility index (Phi) is 6.18. The number of nitrogens with one attached hydrogen (secondary N) is 2. The van der Waals surface area contributed by atoms with Crippen LogP contribution in [0.4, 0.5) is 0 Å². The van der Waals surface area contributed by atoms with Crippen molar-refractivity contribution in [2.45, 2.75) is 24.9 Å². The first-order chi connectivity index (χ1) is 15.7. The van der Waals surface area contributed by atoms with Gasteiger partial charge in [0.05, 0.1) is 0 Å². The van der Waals surface area contributed by atoms with Gasteiger partial charge in [-0.3, -0.25) is 0 Å². The zero-order valence-corrected chi connectivity index (χ0v) is 18.2. The molecule has 11 heteroatoms. The van der Waals surface area contributed by atoms with Crippen molar-refractivity contribution in [3.63, 3.8) is 0 Å². The van der Waals surface area contributed by atoms with Gasteiger partial charge in [0.25, 0.3) is 0 Å². The minimum absolute atomic E-state index is 0.0202. The van der Waals surface area contributed by atoms with Crippen LogP contribution in [0, 0.1) is 0 Å². The van der Waals surface area contributed by atoms with E-state index in [1.54, 1.807) is 12.4 Å². The molecule has 0 spiro atoms. The lowest BCUT2D eigenvalue weighted by molar-refractivity contribution is -0.139. The average molecular weight is 471 g/mol. The second-order valence-corrected chi connectivity index (χ2v) is 8.70. The van der Waals surface area contributed by atoms with Crippen molar-refractivity contribution in [2.24, 2.45) is 11.5 Å². The SMILES string of the molecule is N[C@@H](Cc1c[nH]c2ccccc12)C(=O)OS(=O)(=O)OC(=O)[C@@H](N)Cc1c[nH]c2ccccc12. The first kappa shape index (κ1) is 22.5. The Labute approximate surface area is 189 Å². The molecule has 2 aromatic heterocycles. The summed E-state index contributed by atoms with van der Waals surface area (Å²) in [5.74, 6) is -2.50. The maximum atomic E-state index is 12.2. The summed E-state index contributed by atoms with van der Waals surface area (Å²) >= 11 is 0. The highest BCUT2D eigenvalue weighted by atomic mass is 32.3. The monoisotopic (exact) mass is 470 g/mol. The van der Waals surface area contributed by atoms with E-state index in [0.29, 0.717) is 11.1 Å². The van der Waals surface area contributed by atoms with E-state index in [0.717, 1.165) is 21.8 Å². The molecule has 0 aliphatic rings. The summed E-state index contributed by atoms with van der Waals surface area (Å²) in [6.07, 6.45) is 3.39. The molecule has 0 fully saturated rings. The molecule has 2 aromatic carbocycles. The van der Waals surface area contributed by atoms with Gasteiger partial charge in [-0.1, -0.05) is 36.4 Å². The predicted octanol–water partition coefficient (Wildman–Crippen LogP) is 1.42. The summed E-state index contributed by atoms with van der Waals surface area (Å²) in [7, 11) is -4.99.